The summed E-state index contributed by atoms with van der Waals surface area (Å²) in [6.07, 6.45) is 0.384. The maximum absolute atomic E-state index is 12.5. The van der Waals surface area contributed by atoms with Crippen LogP contribution in [0, 0.1) is 10.1 Å². The molecule has 1 aromatic carbocycles. The molecule has 2 saturated heterocycles. The number of amides is 1. The number of hydrogen-bond acceptors (Lipinski definition) is 7. The molecule has 1 amide bonds. The number of rotatable bonds is 5. The van der Waals surface area contributed by atoms with E-state index in [0.29, 0.717) is 13.0 Å². The van der Waals surface area contributed by atoms with Gasteiger partial charge in [0.2, 0.25) is 15.9 Å². The smallest absolute Gasteiger partial charge is 0.269 e. The summed E-state index contributed by atoms with van der Waals surface area (Å²) in [5.74, 6) is 1.87. The highest BCUT2D eigenvalue weighted by Crippen LogP contribution is 2.19. The van der Waals surface area contributed by atoms with Crippen LogP contribution in [0.15, 0.2) is 29.2 Å². The zero-order valence-corrected chi connectivity index (χ0v) is 16.8. The van der Waals surface area contributed by atoms with Crippen molar-refractivity contribution in [2.75, 3.05) is 31.1 Å². The Morgan fingerprint density at radius 3 is 2.48 bits per heavy atom. The van der Waals surface area contributed by atoms with Crippen LogP contribution in [0.1, 0.15) is 6.42 Å². The lowest BCUT2D eigenvalue weighted by Gasteiger charge is -2.28. The minimum Gasteiger partial charge on any atom is -0.340 e. The van der Waals surface area contributed by atoms with Gasteiger partial charge in [0.25, 0.3) is 5.69 Å². The summed E-state index contributed by atoms with van der Waals surface area (Å²) in [6, 6.07) is 3.93. The average molecular weight is 437 g/mol. The van der Waals surface area contributed by atoms with E-state index in [-0.39, 0.29) is 34.9 Å². The fourth-order valence-corrected chi connectivity index (χ4v) is 5.20. The van der Waals surface area contributed by atoms with Gasteiger partial charge in [-0.25, -0.2) is 13.1 Å². The molecule has 2 aliphatic rings. The van der Waals surface area contributed by atoms with E-state index >= 15 is 0 Å². The first-order valence-corrected chi connectivity index (χ1v) is 10.9. The van der Waals surface area contributed by atoms with Gasteiger partial charge in [-0.3, -0.25) is 14.9 Å². The molecule has 2 N–H and O–H groups in total. The summed E-state index contributed by atoms with van der Waals surface area (Å²) >= 11 is 1.82. The quantitative estimate of drug-likeness (QED) is 0.512. The Hall–Kier alpha value is -1.40. The molecule has 0 bridgehead atoms. The van der Waals surface area contributed by atoms with Crippen molar-refractivity contribution in [1.29, 1.82) is 0 Å². The third kappa shape index (κ3) is 5.32. The van der Waals surface area contributed by atoms with Gasteiger partial charge in [0, 0.05) is 49.3 Å². The number of sulfonamides is 1. The van der Waals surface area contributed by atoms with Crippen LogP contribution in [0.4, 0.5) is 5.69 Å². The van der Waals surface area contributed by atoms with Crippen molar-refractivity contribution in [3.05, 3.63) is 34.4 Å². The molecule has 0 spiro atoms. The van der Waals surface area contributed by atoms with Gasteiger partial charge < -0.3 is 10.2 Å². The van der Waals surface area contributed by atoms with Gasteiger partial charge in [0.05, 0.1) is 15.9 Å². The van der Waals surface area contributed by atoms with Crippen molar-refractivity contribution in [2.24, 2.45) is 0 Å². The van der Waals surface area contributed by atoms with E-state index in [0.717, 1.165) is 36.7 Å². The molecule has 0 saturated carbocycles. The topological polar surface area (TPSA) is 122 Å². The molecule has 0 unspecified atom stereocenters. The van der Waals surface area contributed by atoms with E-state index < -0.39 is 21.0 Å². The lowest BCUT2D eigenvalue weighted by Crippen LogP contribution is -2.47. The number of nitro benzene ring substituents is 1. The predicted molar refractivity (Wildman–Crippen MR) is 105 cm³/mol. The van der Waals surface area contributed by atoms with Crippen LogP contribution < -0.4 is 10.0 Å². The Bertz CT molecular complexity index is 784. The number of thioether (sulfide) groups is 1. The summed E-state index contributed by atoms with van der Waals surface area (Å²) in [7, 11) is -3.80. The highest BCUT2D eigenvalue weighted by Gasteiger charge is 2.34. The van der Waals surface area contributed by atoms with Crippen LogP contribution in [-0.2, 0) is 14.8 Å². The van der Waals surface area contributed by atoms with Crippen LogP contribution in [0.5, 0.6) is 0 Å². The largest absolute Gasteiger partial charge is 0.340 e. The Labute approximate surface area is 167 Å². The van der Waals surface area contributed by atoms with Crippen LogP contribution in [0.25, 0.3) is 0 Å². The van der Waals surface area contributed by atoms with Crippen LogP contribution in [-0.4, -0.2) is 67.4 Å². The molecule has 0 radical (unpaired) electrons. The molecule has 150 valence electrons. The first-order chi connectivity index (χ1) is 12.4. The van der Waals surface area contributed by atoms with Crippen LogP contribution in [0.2, 0.25) is 0 Å². The van der Waals surface area contributed by atoms with Gasteiger partial charge in [-0.2, -0.15) is 11.8 Å². The molecule has 0 aromatic heterocycles. The molecule has 2 aliphatic heterocycles. The van der Waals surface area contributed by atoms with Gasteiger partial charge in [0.15, 0.2) is 0 Å². The van der Waals surface area contributed by atoms with E-state index in [2.05, 4.69) is 10.0 Å². The molecule has 0 aliphatic carbocycles. The highest BCUT2D eigenvalue weighted by atomic mass is 35.5. The number of nitrogens with one attached hydrogen (secondary N) is 2. The van der Waals surface area contributed by atoms with Crippen molar-refractivity contribution in [3.8, 4) is 0 Å². The molecule has 1 aromatic rings. The number of nitrogens with zero attached hydrogens (tertiary/aromatic N) is 2. The number of nitro groups is 1. The molecule has 3 rings (SSSR count). The van der Waals surface area contributed by atoms with E-state index in [9.17, 15) is 23.3 Å². The van der Waals surface area contributed by atoms with Crippen LogP contribution >= 0.6 is 24.2 Å². The van der Waals surface area contributed by atoms with Gasteiger partial charge in [-0.1, -0.05) is 0 Å². The van der Waals surface area contributed by atoms with E-state index in [4.69, 9.17) is 0 Å². The molecule has 9 nitrogen and oxygen atoms in total. The van der Waals surface area contributed by atoms with Gasteiger partial charge in [-0.15, -0.1) is 12.4 Å². The Balaban J connectivity index is 0.00000261. The number of benzene rings is 1. The van der Waals surface area contributed by atoms with Crippen molar-refractivity contribution < 1.29 is 18.1 Å². The number of carbonyl (C=O) groups excluding carboxylic acids is 1. The minimum absolute atomic E-state index is 0. The summed E-state index contributed by atoms with van der Waals surface area (Å²) in [6.45, 7) is 1.81. The number of carbonyl (C=O) groups is 1. The highest BCUT2D eigenvalue weighted by molar-refractivity contribution is 7.99. The zero-order valence-electron chi connectivity index (χ0n) is 14.4. The van der Waals surface area contributed by atoms with Crippen molar-refractivity contribution in [2.45, 2.75) is 23.4 Å². The van der Waals surface area contributed by atoms with Gasteiger partial charge in [0.1, 0.15) is 0 Å². The second-order valence-corrected chi connectivity index (χ2v) is 9.14. The Kier molecular flexibility index (Phi) is 7.46. The minimum atomic E-state index is -3.80. The van der Waals surface area contributed by atoms with E-state index in [1.54, 1.807) is 0 Å². The summed E-state index contributed by atoms with van der Waals surface area (Å²) < 4.78 is 27.5. The fourth-order valence-electron chi connectivity index (χ4n) is 3.05. The third-order valence-electron chi connectivity index (χ3n) is 4.43. The standard InChI is InChI=1S/C15H20N4O5S2.ClH/c20-15(18-5-7-25-8-6-18)14-9-11(10-16-14)17-26(23,24)13-3-1-12(2-4-13)19(21)22;/h1-4,11,14,16-17H,5-10H2;1H/t11-,14-;/m0./s1. The Morgan fingerprint density at radius 2 is 1.89 bits per heavy atom. The third-order valence-corrected chi connectivity index (χ3v) is 6.91. The fraction of sp³-hybridized carbons (Fsp3) is 0.533. The lowest BCUT2D eigenvalue weighted by molar-refractivity contribution is -0.384. The number of hydrogen-bond donors (Lipinski definition) is 2. The number of non-ortho nitro benzene ring substituents is 1. The zero-order chi connectivity index (χ0) is 18.7. The second-order valence-electron chi connectivity index (χ2n) is 6.20. The first-order valence-electron chi connectivity index (χ1n) is 8.23. The van der Waals surface area contributed by atoms with Crippen molar-refractivity contribution in [1.82, 2.24) is 14.9 Å². The van der Waals surface area contributed by atoms with E-state index in [1.165, 1.54) is 12.1 Å². The summed E-state index contributed by atoms with van der Waals surface area (Å²) in [4.78, 5) is 24.4. The summed E-state index contributed by atoms with van der Waals surface area (Å²) in [5.41, 5.74) is -0.170. The molecular formula is C15H21ClN4O5S2. The maximum atomic E-state index is 12.5. The van der Waals surface area contributed by atoms with Gasteiger partial charge in [-0.05, 0) is 18.6 Å². The Morgan fingerprint density at radius 1 is 1.26 bits per heavy atom. The molecule has 27 heavy (non-hydrogen) atoms. The SMILES string of the molecule is Cl.O=C([C@@H]1C[C@H](NS(=O)(=O)c2ccc([N+](=O)[O-])cc2)CN1)N1CCSCC1. The second kappa shape index (κ2) is 9.20. The van der Waals surface area contributed by atoms with Crippen molar-refractivity contribution >= 4 is 45.8 Å². The van der Waals surface area contributed by atoms with Crippen LogP contribution in [0.3, 0.4) is 0 Å². The van der Waals surface area contributed by atoms with E-state index in [1.807, 2.05) is 16.7 Å². The monoisotopic (exact) mass is 436 g/mol. The van der Waals surface area contributed by atoms with Gasteiger partial charge >= 0.3 is 0 Å². The molecule has 2 fully saturated rings. The lowest BCUT2D eigenvalue weighted by atomic mass is 10.1. The van der Waals surface area contributed by atoms with Crippen molar-refractivity contribution in [3.63, 3.8) is 0 Å². The number of halogens is 1. The first kappa shape index (κ1) is 21.9. The normalized spacial score (nSPS) is 22.9. The average Bonchev–Trinajstić information content (AvgIpc) is 3.09. The molecular weight excluding hydrogens is 416 g/mol. The predicted octanol–water partition coefficient (Wildman–Crippen LogP) is 0.601. The molecule has 2 atom stereocenters. The summed E-state index contributed by atoms with van der Waals surface area (Å²) in [5, 5.41) is 13.8. The molecule has 12 heteroatoms. The maximum Gasteiger partial charge on any atom is 0.269 e. The molecule has 2 heterocycles.